The van der Waals surface area contributed by atoms with E-state index in [0.29, 0.717) is 19.8 Å². The summed E-state index contributed by atoms with van der Waals surface area (Å²) in [5.74, 6) is 0.794. The van der Waals surface area contributed by atoms with Crippen molar-refractivity contribution in [3.05, 3.63) is 29.8 Å². The standard InChI is InChI=1S/C13H17N3O3S/c14-13(20)16-15-9-10-1-3-11(4-2-10)17-6-5-12-18-7-8-19-12/h1-4,9,12H,5-8H2,(H3,14,16,20). The predicted octanol–water partition coefficient (Wildman–Crippen LogP) is 0.995. The first kappa shape index (κ1) is 14.7. The molecule has 0 spiro atoms. The lowest BCUT2D eigenvalue weighted by molar-refractivity contribution is -0.0531. The van der Waals surface area contributed by atoms with Crippen LogP contribution in [-0.4, -0.2) is 37.4 Å². The molecule has 0 bridgehead atoms. The fourth-order valence-electron chi connectivity index (χ4n) is 1.67. The minimum absolute atomic E-state index is 0.132. The van der Waals surface area contributed by atoms with Crippen molar-refractivity contribution in [2.45, 2.75) is 12.7 Å². The molecule has 3 N–H and O–H groups in total. The molecule has 1 saturated heterocycles. The van der Waals surface area contributed by atoms with Crippen LogP contribution in [0.15, 0.2) is 29.4 Å². The minimum atomic E-state index is -0.132. The summed E-state index contributed by atoms with van der Waals surface area (Å²) in [6.07, 6.45) is 2.22. The quantitative estimate of drug-likeness (QED) is 0.463. The maximum absolute atomic E-state index is 5.60. The van der Waals surface area contributed by atoms with Gasteiger partial charge in [-0.05, 0) is 42.0 Å². The summed E-state index contributed by atoms with van der Waals surface area (Å²) in [5, 5.41) is 4.01. The first-order valence-corrected chi connectivity index (χ1v) is 6.69. The van der Waals surface area contributed by atoms with Crippen LogP contribution >= 0.6 is 12.2 Å². The molecule has 0 unspecified atom stereocenters. The number of hydrazone groups is 1. The zero-order chi connectivity index (χ0) is 14.2. The van der Waals surface area contributed by atoms with Gasteiger partial charge in [-0.1, -0.05) is 0 Å². The summed E-state index contributed by atoms with van der Waals surface area (Å²) in [6.45, 7) is 1.89. The molecule has 0 aromatic heterocycles. The molecule has 7 heteroatoms. The van der Waals surface area contributed by atoms with Gasteiger partial charge in [-0.3, -0.25) is 5.43 Å². The van der Waals surface area contributed by atoms with E-state index in [1.807, 2.05) is 24.3 Å². The molecule has 1 fully saturated rings. The van der Waals surface area contributed by atoms with Crippen LogP contribution in [0.3, 0.4) is 0 Å². The minimum Gasteiger partial charge on any atom is -0.493 e. The topological polar surface area (TPSA) is 78.1 Å². The SMILES string of the molecule is NC(=S)NN=Cc1ccc(OCCC2OCCO2)cc1. The number of thiocarbonyl (C=S) groups is 1. The molecule has 0 amide bonds. The van der Waals surface area contributed by atoms with E-state index >= 15 is 0 Å². The van der Waals surface area contributed by atoms with Crippen molar-refractivity contribution in [1.29, 1.82) is 0 Å². The van der Waals surface area contributed by atoms with Gasteiger partial charge in [-0.2, -0.15) is 5.10 Å². The average molecular weight is 295 g/mol. The number of hydrogen-bond acceptors (Lipinski definition) is 5. The third-order valence-corrected chi connectivity index (χ3v) is 2.67. The molecule has 6 nitrogen and oxygen atoms in total. The predicted molar refractivity (Wildman–Crippen MR) is 79.8 cm³/mol. The smallest absolute Gasteiger partial charge is 0.184 e. The van der Waals surface area contributed by atoms with Crippen LogP contribution in [0, 0.1) is 0 Å². The van der Waals surface area contributed by atoms with Gasteiger partial charge in [-0.15, -0.1) is 0 Å². The van der Waals surface area contributed by atoms with E-state index in [-0.39, 0.29) is 11.4 Å². The lowest BCUT2D eigenvalue weighted by Gasteiger charge is -2.10. The lowest BCUT2D eigenvalue weighted by Crippen LogP contribution is -2.23. The Labute approximate surface area is 122 Å². The van der Waals surface area contributed by atoms with Gasteiger partial charge >= 0.3 is 0 Å². The first-order valence-electron chi connectivity index (χ1n) is 6.28. The normalized spacial score (nSPS) is 15.6. The molecule has 0 radical (unpaired) electrons. The van der Waals surface area contributed by atoms with Crippen molar-refractivity contribution < 1.29 is 14.2 Å². The second kappa shape index (κ2) is 7.78. The van der Waals surface area contributed by atoms with Crippen molar-refractivity contribution >= 4 is 23.5 Å². The van der Waals surface area contributed by atoms with Gasteiger partial charge in [0, 0.05) is 6.42 Å². The van der Waals surface area contributed by atoms with E-state index in [0.717, 1.165) is 17.7 Å². The second-order valence-electron chi connectivity index (χ2n) is 4.11. The van der Waals surface area contributed by atoms with Crippen LogP contribution in [0.5, 0.6) is 5.75 Å². The number of ether oxygens (including phenoxy) is 3. The number of nitrogens with two attached hydrogens (primary N) is 1. The first-order chi connectivity index (χ1) is 9.74. The summed E-state index contributed by atoms with van der Waals surface area (Å²) in [7, 11) is 0. The van der Waals surface area contributed by atoms with Gasteiger partial charge in [0.2, 0.25) is 0 Å². The van der Waals surface area contributed by atoms with Crippen LogP contribution in [0.2, 0.25) is 0 Å². The Hall–Kier alpha value is -1.70. The monoisotopic (exact) mass is 295 g/mol. The Morgan fingerprint density at radius 2 is 2.10 bits per heavy atom. The molecule has 1 aliphatic heterocycles. The highest BCUT2D eigenvalue weighted by Crippen LogP contribution is 2.13. The molecule has 1 aromatic rings. The van der Waals surface area contributed by atoms with Crippen molar-refractivity contribution in [3.8, 4) is 5.75 Å². The van der Waals surface area contributed by atoms with Gasteiger partial charge in [0.1, 0.15) is 5.75 Å². The summed E-state index contributed by atoms with van der Waals surface area (Å²) in [5.41, 5.74) is 8.67. The highest BCUT2D eigenvalue weighted by molar-refractivity contribution is 7.80. The number of nitrogens with zero attached hydrogens (tertiary/aromatic N) is 1. The van der Waals surface area contributed by atoms with Crippen molar-refractivity contribution in [3.63, 3.8) is 0 Å². The van der Waals surface area contributed by atoms with E-state index in [9.17, 15) is 0 Å². The van der Waals surface area contributed by atoms with Crippen molar-refractivity contribution in [2.75, 3.05) is 19.8 Å². The Morgan fingerprint density at radius 1 is 1.40 bits per heavy atom. The molecule has 108 valence electrons. The summed E-state index contributed by atoms with van der Waals surface area (Å²) >= 11 is 4.64. The fraction of sp³-hybridized carbons (Fsp3) is 0.385. The van der Waals surface area contributed by atoms with Gasteiger partial charge in [0.05, 0.1) is 26.0 Å². The van der Waals surface area contributed by atoms with E-state index in [1.165, 1.54) is 0 Å². The van der Waals surface area contributed by atoms with Gasteiger partial charge < -0.3 is 19.9 Å². The average Bonchev–Trinajstić information content (AvgIpc) is 2.93. The molecule has 1 aromatic carbocycles. The largest absolute Gasteiger partial charge is 0.493 e. The number of hydrogen-bond donors (Lipinski definition) is 2. The second-order valence-corrected chi connectivity index (χ2v) is 4.55. The van der Waals surface area contributed by atoms with Crippen molar-refractivity contribution in [2.24, 2.45) is 10.8 Å². The molecular weight excluding hydrogens is 278 g/mol. The summed E-state index contributed by atoms with van der Waals surface area (Å²) in [6, 6.07) is 7.53. The highest BCUT2D eigenvalue weighted by Gasteiger charge is 2.15. The fourth-order valence-corrected chi connectivity index (χ4v) is 1.72. The Bertz CT molecular complexity index is 458. The van der Waals surface area contributed by atoms with Gasteiger partial charge in [0.25, 0.3) is 0 Å². The number of nitrogens with one attached hydrogen (secondary N) is 1. The van der Waals surface area contributed by atoms with E-state index < -0.39 is 0 Å². The Kier molecular flexibility index (Phi) is 5.72. The number of rotatable bonds is 6. The molecule has 0 atom stereocenters. The molecule has 1 heterocycles. The Morgan fingerprint density at radius 3 is 2.75 bits per heavy atom. The Balaban J connectivity index is 1.73. The van der Waals surface area contributed by atoms with Crippen LogP contribution in [0.25, 0.3) is 0 Å². The maximum Gasteiger partial charge on any atom is 0.184 e. The van der Waals surface area contributed by atoms with Crippen LogP contribution in [0.4, 0.5) is 0 Å². The van der Waals surface area contributed by atoms with E-state index in [1.54, 1.807) is 6.21 Å². The van der Waals surface area contributed by atoms with Gasteiger partial charge in [-0.25, -0.2) is 0 Å². The highest BCUT2D eigenvalue weighted by atomic mass is 32.1. The molecule has 20 heavy (non-hydrogen) atoms. The van der Waals surface area contributed by atoms with Crippen LogP contribution in [0.1, 0.15) is 12.0 Å². The van der Waals surface area contributed by atoms with E-state index in [2.05, 4.69) is 22.7 Å². The number of benzene rings is 1. The molecule has 1 aliphatic rings. The molecule has 0 aliphatic carbocycles. The third kappa shape index (κ3) is 5.12. The molecule has 0 saturated carbocycles. The molecular formula is C13H17N3O3S. The maximum atomic E-state index is 5.60. The van der Waals surface area contributed by atoms with Crippen LogP contribution in [-0.2, 0) is 9.47 Å². The summed E-state index contributed by atoms with van der Waals surface area (Å²) in [4.78, 5) is 0. The van der Waals surface area contributed by atoms with Crippen molar-refractivity contribution in [1.82, 2.24) is 5.43 Å². The third-order valence-electron chi connectivity index (χ3n) is 2.58. The van der Waals surface area contributed by atoms with E-state index in [4.69, 9.17) is 19.9 Å². The van der Waals surface area contributed by atoms with Gasteiger partial charge in [0.15, 0.2) is 11.4 Å². The molecule has 2 rings (SSSR count). The van der Waals surface area contributed by atoms with Crippen LogP contribution < -0.4 is 15.9 Å². The lowest BCUT2D eigenvalue weighted by atomic mass is 10.2. The zero-order valence-electron chi connectivity index (χ0n) is 11.0. The summed E-state index contributed by atoms with van der Waals surface area (Å²) < 4.78 is 16.3. The zero-order valence-corrected chi connectivity index (χ0v) is 11.8.